The van der Waals surface area contributed by atoms with E-state index < -0.39 is 5.97 Å². The zero-order valence-electron chi connectivity index (χ0n) is 5.17. The lowest BCUT2D eigenvalue weighted by Crippen LogP contribution is -2.31. The molecule has 0 aliphatic carbocycles. The summed E-state index contributed by atoms with van der Waals surface area (Å²) in [6.07, 6.45) is 0. The molecule has 0 saturated heterocycles. The fourth-order valence-electron chi connectivity index (χ4n) is 0.158. The Hall–Kier alpha value is -0.160. The summed E-state index contributed by atoms with van der Waals surface area (Å²) in [6, 6.07) is 0. The topological polar surface area (TPSA) is 47.9 Å². The van der Waals surface area contributed by atoms with Crippen LogP contribution in [0.2, 0.25) is 0 Å². The van der Waals surface area contributed by atoms with Crippen LogP contribution in [0.15, 0.2) is 0 Å². The van der Waals surface area contributed by atoms with Crippen molar-refractivity contribution in [1.82, 2.24) is 0 Å². The van der Waals surface area contributed by atoms with E-state index in [0.717, 1.165) is 0 Å². The summed E-state index contributed by atoms with van der Waals surface area (Å²) in [4.78, 5) is 3.79. The first-order valence-corrected chi connectivity index (χ1v) is 2.11. The molecular formula is C4H10O4. The minimum Gasteiger partial charge on any atom is -0.329 e. The van der Waals surface area contributed by atoms with Gasteiger partial charge in [-0.3, -0.25) is 0 Å². The molecule has 0 aromatic heterocycles. The molecule has 0 spiro atoms. The van der Waals surface area contributed by atoms with Crippen LogP contribution in [-0.4, -0.2) is 25.5 Å². The van der Waals surface area contributed by atoms with E-state index in [1.54, 1.807) is 0 Å². The first-order chi connectivity index (χ1) is 3.68. The van der Waals surface area contributed by atoms with Gasteiger partial charge >= 0.3 is 5.97 Å². The monoisotopic (exact) mass is 122 g/mol. The number of ether oxygens (including phenoxy) is 2. The minimum atomic E-state index is -1.32. The van der Waals surface area contributed by atoms with Gasteiger partial charge in [0.15, 0.2) is 0 Å². The van der Waals surface area contributed by atoms with Crippen molar-refractivity contribution in [3.63, 3.8) is 0 Å². The van der Waals surface area contributed by atoms with Gasteiger partial charge in [-0.25, -0.2) is 5.26 Å². The number of hydrogen-bond donors (Lipinski definition) is 1. The van der Waals surface area contributed by atoms with Gasteiger partial charge in [0.25, 0.3) is 0 Å². The largest absolute Gasteiger partial charge is 0.329 e. The van der Waals surface area contributed by atoms with Crippen molar-refractivity contribution < 1.29 is 19.6 Å². The zero-order chi connectivity index (χ0) is 6.62. The summed E-state index contributed by atoms with van der Waals surface area (Å²) in [5, 5.41) is 8.04. The second-order valence-electron chi connectivity index (χ2n) is 1.36. The third-order valence-electron chi connectivity index (χ3n) is 0.907. The Morgan fingerprint density at radius 1 is 1.25 bits per heavy atom. The van der Waals surface area contributed by atoms with E-state index in [-0.39, 0.29) is 0 Å². The molecule has 0 aliphatic rings. The minimum absolute atomic E-state index is 1.32. The quantitative estimate of drug-likeness (QED) is 0.335. The van der Waals surface area contributed by atoms with Gasteiger partial charge < -0.3 is 9.47 Å². The molecule has 4 heteroatoms. The van der Waals surface area contributed by atoms with Crippen LogP contribution in [0.4, 0.5) is 0 Å². The molecule has 0 rings (SSSR count). The highest BCUT2D eigenvalue weighted by atomic mass is 17.2. The molecule has 0 aromatic rings. The molecule has 0 aromatic carbocycles. The maximum atomic E-state index is 8.04. The highest BCUT2D eigenvalue weighted by Gasteiger charge is 2.22. The average molecular weight is 122 g/mol. The smallest absolute Gasteiger partial charge is 0.308 e. The van der Waals surface area contributed by atoms with E-state index in [4.69, 9.17) is 5.26 Å². The van der Waals surface area contributed by atoms with Gasteiger partial charge in [-0.2, -0.15) is 4.89 Å². The molecule has 4 nitrogen and oxygen atoms in total. The molecule has 0 unspecified atom stereocenters. The standard InChI is InChI=1S/C4H10O4/c1-4(6-2,7-3)8-5/h5H,1-3H3. The predicted octanol–water partition coefficient (Wildman–Crippen LogP) is 0.442. The van der Waals surface area contributed by atoms with Crippen molar-refractivity contribution in [2.75, 3.05) is 14.2 Å². The van der Waals surface area contributed by atoms with Gasteiger partial charge in [0.1, 0.15) is 0 Å². The van der Waals surface area contributed by atoms with Crippen LogP contribution in [0.1, 0.15) is 6.92 Å². The van der Waals surface area contributed by atoms with Gasteiger partial charge in [0, 0.05) is 21.1 Å². The molecule has 0 heterocycles. The third-order valence-corrected chi connectivity index (χ3v) is 0.907. The highest BCUT2D eigenvalue weighted by molar-refractivity contribution is 4.36. The number of methoxy groups -OCH3 is 2. The zero-order valence-corrected chi connectivity index (χ0v) is 5.17. The Labute approximate surface area is 47.9 Å². The molecule has 0 fully saturated rings. The Kier molecular flexibility index (Phi) is 2.93. The molecule has 1 N–H and O–H groups in total. The summed E-state index contributed by atoms with van der Waals surface area (Å²) in [5.74, 6) is -1.32. The third kappa shape index (κ3) is 1.75. The predicted molar refractivity (Wildman–Crippen MR) is 26.1 cm³/mol. The summed E-state index contributed by atoms with van der Waals surface area (Å²) in [7, 11) is 2.72. The van der Waals surface area contributed by atoms with Crippen LogP contribution in [-0.2, 0) is 14.4 Å². The van der Waals surface area contributed by atoms with E-state index in [1.807, 2.05) is 0 Å². The maximum absolute atomic E-state index is 8.04. The Morgan fingerprint density at radius 3 is 1.62 bits per heavy atom. The van der Waals surface area contributed by atoms with E-state index in [9.17, 15) is 0 Å². The van der Waals surface area contributed by atoms with Crippen LogP contribution in [0.5, 0.6) is 0 Å². The van der Waals surface area contributed by atoms with Crippen molar-refractivity contribution in [1.29, 1.82) is 0 Å². The van der Waals surface area contributed by atoms with Crippen molar-refractivity contribution in [2.24, 2.45) is 0 Å². The lowest BCUT2D eigenvalue weighted by Gasteiger charge is -2.20. The van der Waals surface area contributed by atoms with Gasteiger partial charge in [0.2, 0.25) is 0 Å². The normalized spacial score (nSPS) is 12.0. The van der Waals surface area contributed by atoms with Crippen LogP contribution in [0.3, 0.4) is 0 Å². The molecule has 0 radical (unpaired) electrons. The summed E-state index contributed by atoms with van der Waals surface area (Å²) in [6.45, 7) is 1.44. The number of hydrogen-bond acceptors (Lipinski definition) is 4. The van der Waals surface area contributed by atoms with Crippen LogP contribution < -0.4 is 0 Å². The maximum Gasteiger partial charge on any atom is 0.308 e. The fourth-order valence-corrected chi connectivity index (χ4v) is 0.158. The van der Waals surface area contributed by atoms with Crippen molar-refractivity contribution >= 4 is 0 Å². The Morgan fingerprint density at radius 2 is 1.62 bits per heavy atom. The van der Waals surface area contributed by atoms with E-state index in [0.29, 0.717) is 0 Å². The highest BCUT2D eigenvalue weighted by Crippen LogP contribution is 2.08. The SMILES string of the molecule is COC(C)(OC)OO. The van der Waals surface area contributed by atoms with E-state index in [1.165, 1.54) is 21.1 Å². The molecular weight excluding hydrogens is 112 g/mol. The van der Waals surface area contributed by atoms with Crippen LogP contribution in [0.25, 0.3) is 0 Å². The molecule has 50 valence electrons. The van der Waals surface area contributed by atoms with Crippen molar-refractivity contribution in [3.8, 4) is 0 Å². The number of rotatable bonds is 3. The van der Waals surface area contributed by atoms with Gasteiger partial charge in [0.05, 0.1) is 0 Å². The molecule has 0 saturated carbocycles. The second-order valence-corrected chi connectivity index (χ2v) is 1.36. The average Bonchev–Trinajstić information content (AvgIpc) is 1.87. The fraction of sp³-hybridized carbons (Fsp3) is 1.00. The Balaban J connectivity index is 3.58. The lowest BCUT2D eigenvalue weighted by atomic mass is 10.7. The van der Waals surface area contributed by atoms with Crippen molar-refractivity contribution in [2.45, 2.75) is 12.9 Å². The lowest BCUT2D eigenvalue weighted by molar-refractivity contribution is -0.473. The molecule has 0 bridgehead atoms. The summed E-state index contributed by atoms with van der Waals surface area (Å²) in [5.41, 5.74) is 0. The van der Waals surface area contributed by atoms with Gasteiger partial charge in [-0.1, -0.05) is 0 Å². The summed E-state index contributed by atoms with van der Waals surface area (Å²) < 4.78 is 9.08. The Bertz CT molecular complexity index is 50.8. The molecule has 0 aliphatic heterocycles. The molecule has 0 amide bonds. The van der Waals surface area contributed by atoms with Crippen LogP contribution in [0, 0.1) is 0 Å². The molecule has 0 atom stereocenters. The summed E-state index contributed by atoms with van der Waals surface area (Å²) >= 11 is 0. The second kappa shape index (κ2) is 2.99. The first kappa shape index (κ1) is 7.84. The van der Waals surface area contributed by atoms with E-state index >= 15 is 0 Å². The van der Waals surface area contributed by atoms with Crippen LogP contribution >= 0.6 is 0 Å². The molecule has 8 heavy (non-hydrogen) atoms. The van der Waals surface area contributed by atoms with E-state index in [2.05, 4.69) is 14.4 Å². The van der Waals surface area contributed by atoms with Gasteiger partial charge in [-0.15, -0.1) is 0 Å². The van der Waals surface area contributed by atoms with Crippen molar-refractivity contribution in [3.05, 3.63) is 0 Å². The first-order valence-electron chi connectivity index (χ1n) is 2.11. The van der Waals surface area contributed by atoms with Gasteiger partial charge in [-0.05, 0) is 0 Å².